The molecule has 0 atom stereocenters. The molecule has 0 saturated carbocycles. The second-order valence-electron chi connectivity index (χ2n) is 7.18. The number of benzene rings is 2. The van der Waals surface area contributed by atoms with Crippen LogP contribution in [0, 0.1) is 0 Å². The number of hydrogen-bond acceptors (Lipinski definition) is 5. The Labute approximate surface area is 211 Å². The summed E-state index contributed by atoms with van der Waals surface area (Å²) in [6, 6.07) is 13.8. The first kappa shape index (κ1) is 25.2. The molecule has 1 saturated heterocycles. The first-order valence-electron chi connectivity index (χ1n) is 10.2. The highest BCUT2D eigenvalue weighted by molar-refractivity contribution is 8.26. The van der Waals surface area contributed by atoms with Crippen LogP contribution in [-0.2, 0) is 9.59 Å². The average Bonchev–Trinajstić information content (AvgIpc) is 3.06. The molecule has 0 aliphatic carbocycles. The quantitative estimate of drug-likeness (QED) is 0.215. The zero-order valence-corrected chi connectivity index (χ0v) is 20.6. The van der Waals surface area contributed by atoms with Crippen molar-refractivity contribution in [2.45, 2.75) is 25.7 Å². The smallest absolute Gasteiger partial charge is 0.271 e. The molecule has 2 aromatic carbocycles. The van der Waals surface area contributed by atoms with E-state index < -0.39 is 5.91 Å². The van der Waals surface area contributed by atoms with E-state index in [9.17, 15) is 14.4 Å². The van der Waals surface area contributed by atoms with Crippen LogP contribution in [0.3, 0.4) is 0 Å². The number of carbonyl (C=O) groups excluding carboxylic acids is 3. The largest absolute Gasteiger partial charge is 0.293 e. The normalized spacial score (nSPS) is 14.6. The van der Waals surface area contributed by atoms with Gasteiger partial charge in [-0.2, -0.15) is 0 Å². The van der Waals surface area contributed by atoms with Gasteiger partial charge in [-0.3, -0.25) is 30.1 Å². The molecule has 1 aliphatic rings. The van der Waals surface area contributed by atoms with E-state index in [1.807, 2.05) is 12.1 Å². The summed E-state index contributed by atoms with van der Waals surface area (Å²) >= 11 is 18.5. The van der Waals surface area contributed by atoms with Crippen LogP contribution >= 0.6 is 47.2 Å². The van der Waals surface area contributed by atoms with Crippen LogP contribution in [0.4, 0.5) is 0 Å². The summed E-state index contributed by atoms with van der Waals surface area (Å²) < 4.78 is 0.528. The van der Waals surface area contributed by atoms with Crippen molar-refractivity contribution in [3.05, 3.63) is 74.6 Å². The Morgan fingerprint density at radius 2 is 1.73 bits per heavy atom. The minimum atomic E-state index is -0.477. The van der Waals surface area contributed by atoms with E-state index in [0.717, 1.165) is 12.0 Å². The molecule has 2 N–H and O–H groups in total. The summed E-state index contributed by atoms with van der Waals surface area (Å²) in [5, 5.41) is 0.944. The fourth-order valence-corrected chi connectivity index (χ4v) is 4.69. The third kappa shape index (κ3) is 7.30. The number of halogens is 2. The highest BCUT2D eigenvalue weighted by Gasteiger charge is 2.31. The summed E-state index contributed by atoms with van der Waals surface area (Å²) in [5.41, 5.74) is 5.91. The average molecular weight is 522 g/mol. The molecular formula is C23H21Cl2N3O3S2. The molecule has 10 heteroatoms. The maximum absolute atomic E-state index is 12.7. The van der Waals surface area contributed by atoms with E-state index in [2.05, 4.69) is 10.9 Å². The van der Waals surface area contributed by atoms with Crippen LogP contribution in [0.25, 0.3) is 6.08 Å². The molecule has 3 amide bonds. The van der Waals surface area contributed by atoms with E-state index in [-0.39, 0.29) is 23.8 Å². The first-order valence-corrected chi connectivity index (χ1v) is 12.2. The molecule has 1 fully saturated rings. The number of unbranched alkanes of at least 4 members (excludes halogenated alkanes) is 2. The van der Waals surface area contributed by atoms with Crippen LogP contribution in [0.15, 0.2) is 53.4 Å². The van der Waals surface area contributed by atoms with Gasteiger partial charge in [-0.1, -0.05) is 77.9 Å². The van der Waals surface area contributed by atoms with Crippen LogP contribution in [0.2, 0.25) is 10.0 Å². The topological polar surface area (TPSA) is 78.5 Å². The van der Waals surface area contributed by atoms with Gasteiger partial charge in [0.15, 0.2) is 0 Å². The first-order chi connectivity index (χ1) is 15.8. The Bertz CT molecular complexity index is 1090. The lowest BCUT2D eigenvalue weighted by Crippen LogP contribution is -2.41. The zero-order valence-electron chi connectivity index (χ0n) is 17.5. The Balaban J connectivity index is 1.36. The van der Waals surface area contributed by atoms with E-state index in [0.29, 0.717) is 38.7 Å². The number of hydrogen-bond donors (Lipinski definition) is 2. The van der Waals surface area contributed by atoms with E-state index in [1.165, 1.54) is 11.8 Å². The molecular weight excluding hydrogens is 501 g/mol. The van der Waals surface area contributed by atoms with E-state index >= 15 is 0 Å². The Kier molecular flexibility index (Phi) is 9.31. The third-order valence-electron chi connectivity index (χ3n) is 4.76. The molecule has 33 heavy (non-hydrogen) atoms. The molecule has 1 heterocycles. The van der Waals surface area contributed by atoms with Crippen molar-refractivity contribution in [1.82, 2.24) is 15.8 Å². The maximum atomic E-state index is 12.7. The number of thiocarbonyl (C=S) groups is 1. The van der Waals surface area contributed by atoms with Crippen molar-refractivity contribution in [1.29, 1.82) is 0 Å². The molecule has 1 aliphatic heterocycles. The van der Waals surface area contributed by atoms with Gasteiger partial charge in [0, 0.05) is 18.0 Å². The predicted octanol–water partition coefficient (Wildman–Crippen LogP) is 5.22. The lowest BCUT2D eigenvalue weighted by atomic mass is 10.2. The Morgan fingerprint density at radius 1 is 1.00 bits per heavy atom. The number of thioether (sulfide) groups is 1. The molecule has 0 radical (unpaired) electrons. The molecule has 6 nitrogen and oxygen atoms in total. The lowest BCUT2D eigenvalue weighted by Gasteiger charge is -2.14. The number of nitrogens with zero attached hydrogens (tertiary/aromatic N) is 1. The monoisotopic (exact) mass is 521 g/mol. The number of carbonyl (C=O) groups is 3. The van der Waals surface area contributed by atoms with Gasteiger partial charge in [-0.25, -0.2) is 0 Å². The molecule has 0 unspecified atom stereocenters. The zero-order chi connectivity index (χ0) is 23.8. The molecule has 3 rings (SSSR count). The van der Waals surface area contributed by atoms with Crippen LogP contribution in [0.5, 0.6) is 0 Å². The van der Waals surface area contributed by atoms with Gasteiger partial charge >= 0.3 is 0 Å². The van der Waals surface area contributed by atoms with Gasteiger partial charge in [0.25, 0.3) is 11.8 Å². The minimum absolute atomic E-state index is 0.111. The van der Waals surface area contributed by atoms with Crippen molar-refractivity contribution in [2.24, 2.45) is 0 Å². The summed E-state index contributed by atoms with van der Waals surface area (Å²) in [6.45, 7) is 0.494. The summed E-state index contributed by atoms with van der Waals surface area (Å²) in [4.78, 5) is 38.8. The second-order valence-corrected chi connectivity index (χ2v) is 9.70. The van der Waals surface area contributed by atoms with Gasteiger partial charge in [0.05, 0.1) is 15.5 Å². The third-order valence-corrected chi connectivity index (χ3v) is 6.72. The lowest BCUT2D eigenvalue weighted by molar-refractivity contribution is -0.123. The molecule has 0 aromatic heterocycles. The summed E-state index contributed by atoms with van der Waals surface area (Å²) in [6.07, 6.45) is 4.11. The van der Waals surface area contributed by atoms with Crippen molar-refractivity contribution in [3.8, 4) is 0 Å². The fraction of sp³-hybridized carbons (Fsp3) is 0.217. The maximum Gasteiger partial charge on any atom is 0.271 e. The SMILES string of the molecule is O=C(CCCCCN1C(=O)/C(=C/c2ccc(Cl)cc2)SC1=S)NNC(=O)c1ccccc1Cl. The van der Waals surface area contributed by atoms with E-state index in [4.69, 9.17) is 35.4 Å². The van der Waals surface area contributed by atoms with Gasteiger partial charge in [-0.15, -0.1) is 0 Å². The van der Waals surface area contributed by atoms with Crippen molar-refractivity contribution in [3.63, 3.8) is 0 Å². The second kappa shape index (κ2) is 12.2. The fourth-order valence-electron chi connectivity index (χ4n) is 3.04. The Hall–Kier alpha value is -2.39. The summed E-state index contributed by atoms with van der Waals surface area (Å²) in [5.74, 6) is -0.887. The number of nitrogens with one attached hydrogen (secondary N) is 2. The van der Waals surface area contributed by atoms with Crippen LogP contribution in [0.1, 0.15) is 41.6 Å². The molecule has 0 bridgehead atoms. The van der Waals surface area contributed by atoms with Gasteiger partial charge in [-0.05, 0) is 48.7 Å². The minimum Gasteiger partial charge on any atom is -0.293 e. The molecule has 172 valence electrons. The number of rotatable bonds is 8. The highest BCUT2D eigenvalue weighted by atomic mass is 35.5. The van der Waals surface area contributed by atoms with Crippen molar-refractivity contribution < 1.29 is 14.4 Å². The molecule has 2 aromatic rings. The van der Waals surface area contributed by atoms with Gasteiger partial charge in [0.2, 0.25) is 5.91 Å². The van der Waals surface area contributed by atoms with Crippen LogP contribution < -0.4 is 10.9 Å². The van der Waals surface area contributed by atoms with Crippen molar-refractivity contribution >= 4 is 75.3 Å². The summed E-state index contributed by atoms with van der Waals surface area (Å²) in [7, 11) is 0. The number of hydrazine groups is 1. The number of amides is 3. The van der Waals surface area contributed by atoms with Gasteiger partial charge < -0.3 is 0 Å². The molecule has 0 spiro atoms. The van der Waals surface area contributed by atoms with E-state index in [1.54, 1.807) is 47.4 Å². The highest BCUT2D eigenvalue weighted by Crippen LogP contribution is 2.33. The predicted molar refractivity (Wildman–Crippen MR) is 137 cm³/mol. The van der Waals surface area contributed by atoms with Gasteiger partial charge in [0.1, 0.15) is 4.32 Å². The van der Waals surface area contributed by atoms with Crippen molar-refractivity contribution in [2.75, 3.05) is 6.54 Å². The Morgan fingerprint density at radius 3 is 2.45 bits per heavy atom. The standard InChI is InChI=1S/C23H21Cl2N3O3S2/c24-16-11-9-15(10-12-16)14-19-22(31)28(23(32)33-19)13-5-1-2-8-20(29)26-27-21(30)17-6-3-4-7-18(17)25/h3-4,6-7,9-12,14H,1-2,5,8,13H2,(H,26,29)(H,27,30)/b19-14-. The van der Waals surface area contributed by atoms with Crippen LogP contribution in [-0.4, -0.2) is 33.5 Å².